The third kappa shape index (κ3) is 5.29. The minimum absolute atomic E-state index is 0.00866. The Morgan fingerprint density at radius 1 is 1.15 bits per heavy atom. The molecule has 1 N–H and O–H groups in total. The van der Waals surface area contributed by atoms with E-state index in [1.54, 1.807) is 12.1 Å². The summed E-state index contributed by atoms with van der Waals surface area (Å²) in [4.78, 5) is 10.7. The van der Waals surface area contributed by atoms with Gasteiger partial charge in [-0.3, -0.25) is 10.1 Å². The highest BCUT2D eigenvalue weighted by Gasteiger charge is 2.19. The summed E-state index contributed by atoms with van der Waals surface area (Å²) in [6, 6.07) is 7.31. The van der Waals surface area contributed by atoms with Crippen molar-refractivity contribution < 1.29 is 4.92 Å². The first-order chi connectivity index (χ1) is 9.41. The number of hydrogen-bond acceptors (Lipinski definition) is 3. The first kappa shape index (κ1) is 16.6. The predicted octanol–water partition coefficient (Wildman–Crippen LogP) is 4.46. The van der Waals surface area contributed by atoms with E-state index in [-0.39, 0.29) is 16.7 Å². The summed E-state index contributed by atoms with van der Waals surface area (Å²) in [6.45, 7) is 8.59. The van der Waals surface area contributed by atoms with E-state index < -0.39 is 0 Å². The van der Waals surface area contributed by atoms with E-state index in [0.29, 0.717) is 6.04 Å². The summed E-state index contributed by atoms with van der Waals surface area (Å²) < 4.78 is 0. The van der Waals surface area contributed by atoms with Crippen molar-refractivity contribution in [3.8, 4) is 0 Å². The maximum Gasteiger partial charge on any atom is 0.274 e. The molecule has 0 aliphatic carbocycles. The molecule has 20 heavy (non-hydrogen) atoms. The number of rotatable bonds is 8. The molecule has 0 aliphatic rings. The fraction of sp³-hybridized carbons (Fsp3) is 0.625. The molecule has 2 atom stereocenters. The number of nitro benzene ring substituents is 1. The Hall–Kier alpha value is -1.42. The molecule has 2 unspecified atom stereocenters. The van der Waals surface area contributed by atoms with Crippen LogP contribution in [-0.2, 0) is 0 Å². The van der Waals surface area contributed by atoms with Gasteiger partial charge in [-0.2, -0.15) is 0 Å². The van der Waals surface area contributed by atoms with Gasteiger partial charge < -0.3 is 5.32 Å². The molecule has 1 aromatic rings. The summed E-state index contributed by atoms with van der Waals surface area (Å²) in [5.41, 5.74) is 0.954. The smallest absolute Gasteiger partial charge is 0.274 e. The van der Waals surface area contributed by atoms with Crippen molar-refractivity contribution in [2.24, 2.45) is 5.92 Å². The van der Waals surface area contributed by atoms with Gasteiger partial charge in [0.2, 0.25) is 0 Å². The zero-order valence-corrected chi connectivity index (χ0v) is 12.9. The lowest BCUT2D eigenvalue weighted by Crippen LogP contribution is -2.29. The zero-order valence-electron chi connectivity index (χ0n) is 12.9. The van der Waals surface area contributed by atoms with Crippen LogP contribution in [0.25, 0.3) is 0 Å². The van der Waals surface area contributed by atoms with Crippen LogP contribution in [0.2, 0.25) is 0 Å². The zero-order chi connectivity index (χ0) is 15.1. The van der Waals surface area contributed by atoms with Gasteiger partial charge in [0.1, 0.15) is 0 Å². The Bertz CT molecular complexity index is 432. The van der Waals surface area contributed by atoms with E-state index in [4.69, 9.17) is 0 Å². The number of para-hydroxylation sites is 1. The van der Waals surface area contributed by atoms with Crippen molar-refractivity contribution in [2.45, 2.75) is 59.0 Å². The molecule has 0 bridgehead atoms. The monoisotopic (exact) mass is 278 g/mol. The largest absolute Gasteiger partial charge is 0.307 e. The average Bonchev–Trinajstić information content (AvgIpc) is 2.38. The van der Waals surface area contributed by atoms with Crippen LogP contribution >= 0.6 is 0 Å². The standard InChI is InChI=1S/C16H26N2O2/c1-12(2)8-7-9-13(3)17-14(4)15-10-5-6-11-16(15)18(19)20/h5-6,10-14,17H,7-9H2,1-4H3. The lowest BCUT2D eigenvalue weighted by atomic mass is 10.0. The molecule has 4 heteroatoms. The van der Waals surface area contributed by atoms with Gasteiger partial charge >= 0.3 is 0 Å². The Morgan fingerprint density at radius 2 is 1.80 bits per heavy atom. The fourth-order valence-electron chi connectivity index (χ4n) is 2.45. The summed E-state index contributed by atoms with van der Waals surface area (Å²) in [6.07, 6.45) is 3.52. The van der Waals surface area contributed by atoms with Crippen LogP contribution in [0.4, 0.5) is 5.69 Å². The Balaban J connectivity index is 2.58. The molecule has 1 aromatic carbocycles. The van der Waals surface area contributed by atoms with Crippen LogP contribution in [0.5, 0.6) is 0 Å². The molecule has 0 amide bonds. The summed E-state index contributed by atoms with van der Waals surface area (Å²) in [5.74, 6) is 0.731. The van der Waals surface area contributed by atoms with Gasteiger partial charge in [0, 0.05) is 23.7 Å². The summed E-state index contributed by atoms with van der Waals surface area (Å²) in [5, 5.41) is 14.5. The van der Waals surface area contributed by atoms with Crippen molar-refractivity contribution in [2.75, 3.05) is 0 Å². The van der Waals surface area contributed by atoms with E-state index in [1.807, 2.05) is 19.1 Å². The molecule has 1 rings (SSSR count). The first-order valence-corrected chi connectivity index (χ1v) is 7.41. The van der Waals surface area contributed by atoms with E-state index >= 15 is 0 Å². The molecule has 4 nitrogen and oxygen atoms in total. The van der Waals surface area contributed by atoms with Crippen LogP contribution < -0.4 is 5.32 Å². The van der Waals surface area contributed by atoms with Crippen LogP contribution in [0.1, 0.15) is 58.6 Å². The number of hydrogen-bond donors (Lipinski definition) is 1. The molecule has 0 saturated heterocycles. The maximum atomic E-state index is 11.0. The number of nitrogens with one attached hydrogen (secondary N) is 1. The molecule has 0 fully saturated rings. The molecule has 0 aliphatic heterocycles. The SMILES string of the molecule is CC(C)CCCC(C)NC(C)c1ccccc1[N+](=O)[O-]. The maximum absolute atomic E-state index is 11.0. The second kappa shape index (κ2) is 8.00. The average molecular weight is 278 g/mol. The van der Waals surface area contributed by atoms with Crippen LogP contribution in [0.3, 0.4) is 0 Å². The third-order valence-electron chi connectivity index (χ3n) is 3.55. The van der Waals surface area contributed by atoms with Gasteiger partial charge in [-0.25, -0.2) is 0 Å². The van der Waals surface area contributed by atoms with Crippen molar-refractivity contribution in [3.63, 3.8) is 0 Å². The second-order valence-corrected chi connectivity index (χ2v) is 5.93. The molecule has 0 spiro atoms. The molecule has 0 heterocycles. The number of nitrogens with zero attached hydrogens (tertiary/aromatic N) is 1. The molecule has 112 valence electrons. The van der Waals surface area contributed by atoms with Gasteiger partial charge in [-0.15, -0.1) is 0 Å². The van der Waals surface area contributed by atoms with Crippen molar-refractivity contribution in [3.05, 3.63) is 39.9 Å². The van der Waals surface area contributed by atoms with E-state index in [2.05, 4.69) is 26.1 Å². The summed E-state index contributed by atoms with van der Waals surface area (Å²) >= 11 is 0. The Morgan fingerprint density at radius 3 is 2.40 bits per heavy atom. The summed E-state index contributed by atoms with van der Waals surface area (Å²) in [7, 11) is 0. The number of nitro groups is 1. The predicted molar refractivity (Wildman–Crippen MR) is 82.8 cm³/mol. The normalized spacial score (nSPS) is 14.2. The second-order valence-electron chi connectivity index (χ2n) is 5.93. The van der Waals surface area contributed by atoms with E-state index in [9.17, 15) is 10.1 Å². The van der Waals surface area contributed by atoms with Crippen LogP contribution in [0.15, 0.2) is 24.3 Å². The van der Waals surface area contributed by atoms with Gasteiger partial charge in [0.15, 0.2) is 0 Å². The molecular formula is C16H26N2O2. The van der Waals surface area contributed by atoms with E-state index in [1.165, 1.54) is 12.8 Å². The molecule has 0 radical (unpaired) electrons. The van der Waals surface area contributed by atoms with Gasteiger partial charge in [0.05, 0.1) is 4.92 Å². The molecular weight excluding hydrogens is 252 g/mol. The highest BCUT2D eigenvalue weighted by molar-refractivity contribution is 5.41. The lowest BCUT2D eigenvalue weighted by Gasteiger charge is -2.20. The van der Waals surface area contributed by atoms with Crippen molar-refractivity contribution in [1.29, 1.82) is 0 Å². The number of benzene rings is 1. The van der Waals surface area contributed by atoms with Crippen molar-refractivity contribution in [1.82, 2.24) is 5.32 Å². The van der Waals surface area contributed by atoms with Crippen LogP contribution in [-0.4, -0.2) is 11.0 Å². The van der Waals surface area contributed by atoms with Gasteiger partial charge in [-0.1, -0.05) is 44.9 Å². The van der Waals surface area contributed by atoms with E-state index in [0.717, 1.165) is 17.9 Å². The van der Waals surface area contributed by atoms with Crippen LogP contribution in [0, 0.1) is 16.0 Å². The lowest BCUT2D eigenvalue weighted by molar-refractivity contribution is -0.385. The third-order valence-corrected chi connectivity index (χ3v) is 3.55. The Kier molecular flexibility index (Phi) is 6.65. The quantitative estimate of drug-likeness (QED) is 0.564. The van der Waals surface area contributed by atoms with Gasteiger partial charge in [0.25, 0.3) is 5.69 Å². The topological polar surface area (TPSA) is 55.2 Å². The highest BCUT2D eigenvalue weighted by Crippen LogP contribution is 2.25. The fourth-order valence-corrected chi connectivity index (χ4v) is 2.45. The molecule has 0 saturated carbocycles. The first-order valence-electron chi connectivity index (χ1n) is 7.41. The van der Waals surface area contributed by atoms with Gasteiger partial charge in [-0.05, 0) is 26.2 Å². The Labute approximate surface area is 121 Å². The minimum Gasteiger partial charge on any atom is -0.307 e. The van der Waals surface area contributed by atoms with Crippen molar-refractivity contribution >= 4 is 5.69 Å². The molecule has 0 aromatic heterocycles. The highest BCUT2D eigenvalue weighted by atomic mass is 16.6. The minimum atomic E-state index is -0.309.